The van der Waals surface area contributed by atoms with Crippen molar-refractivity contribution in [3.63, 3.8) is 0 Å². The number of carbonyl (C=O) groups is 2. The molecular weight excluding hydrogens is 414 g/mol. The number of hydrogen-bond acceptors (Lipinski definition) is 6. The van der Waals surface area contributed by atoms with Crippen LogP contribution in [-0.2, 0) is 9.59 Å². The van der Waals surface area contributed by atoms with Crippen LogP contribution >= 0.6 is 23.4 Å². The van der Waals surface area contributed by atoms with E-state index >= 15 is 0 Å². The molecule has 7 nitrogen and oxygen atoms in total. The Bertz CT molecular complexity index is 997. The van der Waals surface area contributed by atoms with E-state index in [1.165, 1.54) is 11.8 Å². The van der Waals surface area contributed by atoms with Crippen molar-refractivity contribution >= 4 is 51.7 Å². The number of nitrogens with one attached hydrogen (secondary N) is 1. The fourth-order valence-electron chi connectivity index (χ4n) is 3.01. The molecule has 2 aliphatic heterocycles. The average Bonchev–Trinajstić information content (AvgIpc) is 3.15. The first kappa shape index (κ1) is 19.6. The van der Waals surface area contributed by atoms with Crippen LogP contribution in [0.2, 0.25) is 5.02 Å². The minimum Gasteiger partial charge on any atom is -0.454 e. The molecule has 29 heavy (non-hydrogen) atoms. The summed E-state index contributed by atoms with van der Waals surface area (Å²) in [5, 5.41) is 3.24. The maximum absolute atomic E-state index is 12.7. The number of amides is 2. The first-order valence-corrected chi connectivity index (χ1v) is 10.3. The fourth-order valence-corrected chi connectivity index (χ4v) is 4.36. The van der Waals surface area contributed by atoms with Crippen LogP contribution in [0.4, 0.5) is 11.4 Å². The zero-order valence-electron chi connectivity index (χ0n) is 15.6. The lowest BCUT2D eigenvalue weighted by molar-refractivity contribution is -0.129. The number of carbonyl (C=O) groups excluding carboxylic acids is 2. The van der Waals surface area contributed by atoms with E-state index in [1.54, 1.807) is 47.4 Å². The minimum absolute atomic E-state index is 0.102. The summed E-state index contributed by atoms with van der Waals surface area (Å²) < 4.78 is 10.7. The van der Waals surface area contributed by atoms with Crippen LogP contribution in [0.15, 0.2) is 47.5 Å². The van der Waals surface area contributed by atoms with E-state index in [4.69, 9.17) is 21.1 Å². The molecule has 1 saturated heterocycles. The zero-order chi connectivity index (χ0) is 20.4. The molecule has 1 fully saturated rings. The van der Waals surface area contributed by atoms with E-state index < -0.39 is 5.25 Å². The number of hydrogen-bond donors (Lipinski definition) is 1. The standard InChI is InChI=1S/C20H18ClN3O4S/c1-2-24-18(25)10-17(19(26)22-13-5-3-4-12(21)8-13)29-20(24)23-14-6-7-15-16(9-14)28-11-27-15/h3-9,17H,2,10-11H2,1H3,(H,22,26)/t17-/m1/s1. The van der Waals surface area contributed by atoms with Crippen molar-refractivity contribution in [3.8, 4) is 11.5 Å². The third-order valence-electron chi connectivity index (χ3n) is 4.42. The molecule has 1 N–H and O–H groups in total. The van der Waals surface area contributed by atoms with Gasteiger partial charge in [-0.1, -0.05) is 29.4 Å². The van der Waals surface area contributed by atoms with Crippen LogP contribution in [-0.4, -0.2) is 40.5 Å². The first-order valence-electron chi connectivity index (χ1n) is 9.05. The average molecular weight is 432 g/mol. The van der Waals surface area contributed by atoms with Gasteiger partial charge in [0.1, 0.15) is 5.25 Å². The molecule has 2 heterocycles. The first-order chi connectivity index (χ1) is 14.0. The van der Waals surface area contributed by atoms with Gasteiger partial charge in [-0.25, -0.2) is 4.99 Å². The molecule has 2 aromatic rings. The number of amidine groups is 1. The Morgan fingerprint density at radius 1 is 1.28 bits per heavy atom. The summed E-state index contributed by atoms with van der Waals surface area (Å²) in [5.41, 5.74) is 1.21. The molecule has 2 aliphatic rings. The topological polar surface area (TPSA) is 80.2 Å². The molecule has 2 aromatic carbocycles. The van der Waals surface area contributed by atoms with Crippen molar-refractivity contribution < 1.29 is 19.1 Å². The molecular formula is C20H18ClN3O4S. The van der Waals surface area contributed by atoms with E-state index in [0.29, 0.717) is 39.6 Å². The van der Waals surface area contributed by atoms with Crippen LogP contribution in [0, 0.1) is 0 Å². The van der Waals surface area contributed by atoms with Crippen LogP contribution in [0.25, 0.3) is 0 Å². The van der Waals surface area contributed by atoms with Crippen molar-refractivity contribution in [1.82, 2.24) is 4.90 Å². The van der Waals surface area contributed by atoms with E-state index in [0.717, 1.165) is 0 Å². The smallest absolute Gasteiger partial charge is 0.238 e. The maximum atomic E-state index is 12.7. The van der Waals surface area contributed by atoms with Gasteiger partial charge in [0, 0.05) is 29.7 Å². The monoisotopic (exact) mass is 431 g/mol. The SMILES string of the molecule is CCN1C(=O)C[C@H](C(=O)Nc2cccc(Cl)c2)SC1=Nc1ccc2c(c1)OCO2. The highest BCUT2D eigenvalue weighted by atomic mass is 35.5. The summed E-state index contributed by atoms with van der Waals surface area (Å²) in [4.78, 5) is 31.5. The molecule has 2 amide bonds. The second-order valence-electron chi connectivity index (χ2n) is 6.38. The Morgan fingerprint density at radius 3 is 2.90 bits per heavy atom. The molecule has 0 spiro atoms. The molecule has 1 atom stereocenters. The highest BCUT2D eigenvalue weighted by Crippen LogP contribution is 2.36. The molecule has 9 heteroatoms. The number of rotatable bonds is 4. The normalized spacial score (nSPS) is 19.5. The lowest BCUT2D eigenvalue weighted by Crippen LogP contribution is -2.45. The van der Waals surface area contributed by atoms with E-state index in [2.05, 4.69) is 10.3 Å². The second kappa shape index (κ2) is 8.34. The summed E-state index contributed by atoms with van der Waals surface area (Å²) in [6.45, 7) is 2.52. The number of anilines is 1. The number of fused-ring (bicyclic) bond motifs is 1. The largest absolute Gasteiger partial charge is 0.454 e. The Labute approximate surface area is 177 Å². The molecule has 0 bridgehead atoms. The van der Waals surface area contributed by atoms with Crippen LogP contribution in [0.1, 0.15) is 13.3 Å². The lowest BCUT2D eigenvalue weighted by atomic mass is 10.2. The number of thioether (sulfide) groups is 1. The van der Waals surface area contributed by atoms with Gasteiger partial charge < -0.3 is 14.8 Å². The molecule has 4 rings (SSSR count). The molecule has 0 unspecified atom stereocenters. The highest BCUT2D eigenvalue weighted by Gasteiger charge is 2.35. The van der Waals surface area contributed by atoms with E-state index in [9.17, 15) is 9.59 Å². The van der Waals surface area contributed by atoms with Crippen LogP contribution < -0.4 is 14.8 Å². The number of ether oxygens (including phenoxy) is 2. The van der Waals surface area contributed by atoms with Crippen molar-refractivity contribution in [2.45, 2.75) is 18.6 Å². The lowest BCUT2D eigenvalue weighted by Gasteiger charge is -2.30. The zero-order valence-corrected chi connectivity index (χ0v) is 17.1. The predicted molar refractivity (Wildman–Crippen MR) is 113 cm³/mol. The summed E-state index contributed by atoms with van der Waals surface area (Å²) in [5.74, 6) is 0.862. The molecule has 0 saturated carbocycles. The van der Waals surface area contributed by atoms with Crippen LogP contribution in [0.3, 0.4) is 0 Å². The minimum atomic E-state index is -0.586. The van der Waals surface area contributed by atoms with Gasteiger partial charge >= 0.3 is 0 Å². The van der Waals surface area contributed by atoms with E-state index in [-0.39, 0.29) is 25.0 Å². The Morgan fingerprint density at radius 2 is 2.10 bits per heavy atom. The van der Waals surface area contributed by atoms with Gasteiger partial charge in [-0.3, -0.25) is 14.5 Å². The van der Waals surface area contributed by atoms with Gasteiger partial charge in [0.05, 0.1) is 5.69 Å². The number of halogens is 1. The third-order valence-corrected chi connectivity index (χ3v) is 5.84. The second-order valence-corrected chi connectivity index (χ2v) is 7.99. The van der Waals surface area contributed by atoms with E-state index in [1.807, 2.05) is 6.92 Å². The van der Waals surface area contributed by atoms with Gasteiger partial charge in [-0.05, 0) is 37.3 Å². The number of aliphatic imine (C=N–C) groups is 1. The van der Waals surface area contributed by atoms with Gasteiger partial charge in [-0.15, -0.1) is 0 Å². The quantitative estimate of drug-likeness (QED) is 0.789. The summed E-state index contributed by atoms with van der Waals surface area (Å²) in [6.07, 6.45) is 0.102. The fraction of sp³-hybridized carbons (Fsp3) is 0.250. The van der Waals surface area contributed by atoms with Crippen molar-refractivity contribution in [1.29, 1.82) is 0 Å². The van der Waals surface area contributed by atoms with Gasteiger partial charge in [0.15, 0.2) is 16.7 Å². The number of nitrogens with zero attached hydrogens (tertiary/aromatic N) is 2. The van der Waals surface area contributed by atoms with Crippen LogP contribution in [0.5, 0.6) is 11.5 Å². The Kier molecular flexibility index (Phi) is 5.64. The molecule has 0 aliphatic carbocycles. The van der Waals surface area contributed by atoms with Crippen molar-refractivity contribution in [2.75, 3.05) is 18.7 Å². The molecule has 0 radical (unpaired) electrons. The Balaban J connectivity index is 1.56. The van der Waals surface area contributed by atoms with Gasteiger partial charge in [0.25, 0.3) is 0 Å². The molecule has 150 valence electrons. The highest BCUT2D eigenvalue weighted by molar-refractivity contribution is 8.15. The molecule has 0 aromatic heterocycles. The van der Waals surface area contributed by atoms with Gasteiger partial charge in [0.2, 0.25) is 18.6 Å². The van der Waals surface area contributed by atoms with Crippen molar-refractivity contribution in [3.05, 3.63) is 47.5 Å². The summed E-state index contributed by atoms with van der Waals surface area (Å²) >= 11 is 7.24. The third kappa shape index (κ3) is 4.33. The predicted octanol–water partition coefficient (Wildman–Crippen LogP) is 4.05. The maximum Gasteiger partial charge on any atom is 0.238 e. The summed E-state index contributed by atoms with van der Waals surface area (Å²) in [7, 11) is 0. The Hall–Kier alpha value is -2.71. The summed E-state index contributed by atoms with van der Waals surface area (Å²) in [6, 6.07) is 12.2. The van der Waals surface area contributed by atoms with Gasteiger partial charge in [-0.2, -0.15) is 0 Å². The number of benzene rings is 2. The van der Waals surface area contributed by atoms with Crippen molar-refractivity contribution in [2.24, 2.45) is 4.99 Å².